The van der Waals surface area contributed by atoms with Crippen LogP contribution in [0.5, 0.6) is 0 Å². The highest BCUT2D eigenvalue weighted by Crippen LogP contribution is 2.30. The van der Waals surface area contributed by atoms with Crippen LogP contribution in [0.25, 0.3) is 0 Å². The molecule has 0 saturated carbocycles. The zero-order chi connectivity index (χ0) is 20.4. The lowest BCUT2D eigenvalue weighted by atomic mass is 10.0. The highest BCUT2D eigenvalue weighted by molar-refractivity contribution is 7.59. The maximum absolute atomic E-state index is 13.6. The summed E-state index contributed by atoms with van der Waals surface area (Å²) < 4.78 is 27.2. The Kier molecular flexibility index (Phi) is 6.52. The number of hydrogen-bond acceptors (Lipinski definition) is 5. The minimum atomic E-state index is -0.681. The largest absolute Gasteiger partial charge is 0.353 e. The number of benzene rings is 1. The Morgan fingerprint density at radius 3 is 2.47 bits per heavy atom. The van der Waals surface area contributed by atoms with Crippen LogP contribution >= 0.6 is 13.5 Å². The van der Waals surface area contributed by atoms with E-state index in [2.05, 4.69) is 16.2 Å². The van der Waals surface area contributed by atoms with Gasteiger partial charge < -0.3 is 9.80 Å². The number of hydrogen-bond donors (Lipinski definition) is 0. The molecule has 30 heavy (non-hydrogen) atoms. The number of hydrazone groups is 1. The molecule has 0 N–H and O–H groups in total. The van der Waals surface area contributed by atoms with Crippen LogP contribution in [0.4, 0.5) is 19.4 Å². The lowest BCUT2D eigenvalue weighted by Gasteiger charge is -2.37. The number of pyridine rings is 1. The van der Waals surface area contributed by atoms with E-state index in [1.54, 1.807) is 29.4 Å². The van der Waals surface area contributed by atoms with Gasteiger partial charge in [-0.05, 0) is 29.8 Å². The number of carbonyl (C=O) groups excluding carboxylic acids is 1. The molecule has 0 bridgehead atoms. The van der Waals surface area contributed by atoms with Gasteiger partial charge >= 0.3 is 6.03 Å². The number of piperazine rings is 1. The van der Waals surface area contributed by atoms with E-state index >= 15 is 0 Å². The van der Waals surface area contributed by atoms with Gasteiger partial charge in [-0.2, -0.15) is 23.9 Å². The number of nitrogens with zero attached hydrogens (tertiary/aromatic N) is 6. The van der Waals surface area contributed by atoms with Crippen LogP contribution in [0.2, 0.25) is 0 Å². The van der Waals surface area contributed by atoms with E-state index in [1.807, 2.05) is 4.90 Å². The molecule has 0 radical (unpaired) electrons. The molecule has 10 heteroatoms. The first kappa shape index (κ1) is 21.5. The van der Waals surface area contributed by atoms with Gasteiger partial charge in [0.1, 0.15) is 17.5 Å². The molecule has 0 spiro atoms. The minimum absolute atomic E-state index is 0. The van der Waals surface area contributed by atoms with E-state index in [0.717, 1.165) is 6.07 Å². The minimum Gasteiger partial charge on any atom is -0.353 e. The number of aromatic nitrogens is 1. The van der Waals surface area contributed by atoms with Gasteiger partial charge in [-0.25, -0.2) is 23.6 Å². The third kappa shape index (κ3) is 4.36. The molecule has 1 saturated heterocycles. The van der Waals surface area contributed by atoms with Crippen molar-refractivity contribution in [3.63, 3.8) is 0 Å². The molecular weight excluding hydrogens is 410 g/mol. The van der Waals surface area contributed by atoms with Gasteiger partial charge in [-0.1, -0.05) is 0 Å². The molecule has 1 atom stereocenters. The highest BCUT2D eigenvalue weighted by atomic mass is 32.1. The zero-order valence-electron chi connectivity index (χ0n) is 16.0. The van der Waals surface area contributed by atoms with Gasteiger partial charge in [0.15, 0.2) is 0 Å². The number of anilines is 1. The van der Waals surface area contributed by atoms with E-state index < -0.39 is 17.7 Å². The van der Waals surface area contributed by atoms with Crippen molar-refractivity contribution in [2.75, 3.05) is 31.1 Å². The maximum Gasteiger partial charge on any atom is 0.341 e. The smallest absolute Gasteiger partial charge is 0.341 e. The predicted molar refractivity (Wildman–Crippen MR) is 113 cm³/mol. The molecule has 2 aliphatic heterocycles. The average Bonchev–Trinajstić information content (AvgIpc) is 3.23. The molecule has 156 valence electrons. The molecule has 0 aliphatic carbocycles. The molecule has 2 amide bonds. The van der Waals surface area contributed by atoms with Gasteiger partial charge in [-0.15, -0.1) is 0 Å². The van der Waals surface area contributed by atoms with Gasteiger partial charge in [0.2, 0.25) is 0 Å². The summed E-state index contributed by atoms with van der Waals surface area (Å²) in [6.07, 6.45) is 3.57. The van der Waals surface area contributed by atoms with Crippen LogP contribution in [-0.4, -0.2) is 53.3 Å². The molecule has 1 aromatic carbocycles. The quantitative estimate of drug-likeness (QED) is 0.734. The Bertz CT molecular complexity index is 983. The molecule has 7 nitrogen and oxygen atoms in total. The number of nitriles is 1. The SMILES string of the molecule is N#Cc1ccnc(N2CCN(C(=O)N3N=CC[C@H]3c3cc(F)cc(F)c3)CC2)c1.S. The van der Waals surface area contributed by atoms with Crippen LogP contribution in [0.15, 0.2) is 41.6 Å². The van der Waals surface area contributed by atoms with Gasteiger partial charge in [0.05, 0.1) is 17.7 Å². The molecule has 1 fully saturated rings. The van der Waals surface area contributed by atoms with Crippen molar-refractivity contribution in [2.24, 2.45) is 5.10 Å². The molecule has 1 aromatic heterocycles. The Labute approximate surface area is 179 Å². The first-order valence-electron chi connectivity index (χ1n) is 9.23. The predicted octanol–water partition coefficient (Wildman–Crippen LogP) is 3.02. The summed E-state index contributed by atoms with van der Waals surface area (Å²) in [4.78, 5) is 20.9. The third-order valence-corrected chi connectivity index (χ3v) is 5.04. The van der Waals surface area contributed by atoms with Crippen LogP contribution in [0.3, 0.4) is 0 Å². The number of halogens is 2. The van der Waals surface area contributed by atoms with E-state index in [9.17, 15) is 13.6 Å². The average molecular weight is 430 g/mol. The van der Waals surface area contributed by atoms with Crippen molar-refractivity contribution in [1.29, 1.82) is 5.26 Å². The van der Waals surface area contributed by atoms with E-state index in [4.69, 9.17) is 5.26 Å². The van der Waals surface area contributed by atoms with Crippen molar-refractivity contribution in [2.45, 2.75) is 12.5 Å². The fraction of sp³-hybridized carbons (Fsp3) is 0.300. The van der Waals surface area contributed by atoms with Gasteiger partial charge in [0, 0.05) is 51.1 Å². The Morgan fingerprint density at radius 1 is 1.10 bits per heavy atom. The molecule has 2 aromatic rings. The number of rotatable bonds is 2. The highest BCUT2D eigenvalue weighted by Gasteiger charge is 2.33. The van der Waals surface area contributed by atoms with Crippen LogP contribution in [-0.2, 0) is 0 Å². The molecule has 3 heterocycles. The first-order valence-corrected chi connectivity index (χ1v) is 9.23. The summed E-state index contributed by atoms with van der Waals surface area (Å²) in [6, 6.07) is 7.89. The van der Waals surface area contributed by atoms with Crippen LogP contribution < -0.4 is 4.90 Å². The summed E-state index contributed by atoms with van der Waals surface area (Å²) in [5, 5.41) is 14.5. The molecule has 2 aliphatic rings. The van der Waals surface area contributed by atoms with Crippen LogP contribution in [0.1, 0.15) is 23.6 Å². The van der Waals surface area contributed by atoms with Gasteiger partial charge in [-0.3, -0.25) is 0 Å². The summed E-state index contributed by atoms with van der Waals surface area (Å²) in [6.45, 7) is 2.02. The second-order valence-electron chi connectivity index (χ2n) is 6.87. The van der Waals surface area contributed by atoms with Crippen molar-refractivity contribution in [3.8, 4) is 6.07 Å². The van der Waals surface area contributed by atoms with E-state index in [1.165, 1.54) is 17.1 Å². The lowest BCUT2D eigenvalue weighted by Crippen LogP contribution is -2.52. The van der Waals surface area contributed by atoms with Crippen molar-refractivity contribution in [3.05, 3.63) is 59.3 Å². The van der Waals surface area contributed by atoms with Crippen LogP contribution in [0, 0.1) is 23.0 Å². The monoisotopic (exact) mass is 430 g/mol. The van der Waals surface area contributed by atoms with Crippen molar-refractivity contribution < 1.29 is 13.6 Å². The number of carbonyl (C=O) groups is 1. The third-order valence-electron chi connectivity index (χ3n) is 5.04. The fourth-order valence-corrected chi connectivity index (χ4v) is 3.58. The van der Waals surface area contributed by atoms with Gasteiger partial charge in [0.25, 0.3) is 0 Å². The molecule has 0 unspecified atom stereocenters. The topological polar surface area (TPSA) is 75.8 Å². The first-order chi connectivity index (χ1) is 14.0. The Hall–Kier alpha value is -3.19. The fourth-order valence-electron chi connectivity index (χ4n) is 3.58. The van der Waals surface area contributed by atoms with E-state index in [0.29, 0.717) is 49.5 Å². The second kappa shape index (κ2) is 9.09. The summed E-state index contributed by atoms with van der Waals surface area (Å²) in [5.74, 6) is -0.663. The maximum atomic E-state index is 13.6. The summed E-state index contributed by atoms with van der Waals surface area (Å²) in [7, 11) is 0. The summed E-state index contributed by atoms with van der Waals surface area (Å²) in [5.41, 5.74) is 0.912. The molecule has 4 rings (SSSR count). The lowest BCUT2D eigenvalue weighted by molar-refractivity contribution is 0.139. The normalized spacial score (nSPS) is 18.2. The number of amides is 2. The Balaban J connectivity index is 0.00000256. The van der Waals surface area contributed by atoms with E-state index in [-0.39, 0.29) is 19.5 Å². The zero-order valence-corrected chi connectivity index (χ0v) is 17.0. The van der Waals surface area contributed by atoms with Crippen molar-refractivity contribution in [1.82, 2.24) is 14.9 Å². The number of urea groups is 1. The molecular formula is C20H20F2N6OS. The standard InChI is InChI=1S/C20H18F2N6O.H2S/c21-16-10-15(11-17(22)12-16)18-2-4-25-28(18)20(29)27-7-5-26(6-8-27)19-9-14(13-23)1-3-24-19;/h1,3-4,9-12,18H,2,5-8H2;1H2/t18-;/m0./s1. The Morgan fingerprint density at radius 2 is 1.80 bits per heavy atom. The summed E-state index contributed by atoms with van der Waals surface area (Å²) >= 11 is 0. The second-order valence-corrected chi connectivity index (χ2v) is 6.87. The van der Waals surface area contributed by atoms with Crippen molar-refractivity contribution >= 4 is 31.6 Å².